The number of aryl methyl sites for hydroxylation is 2. The molecule has 1 aromatic carbocycles. The zero-order chi connectivity index (χ0) is 24.1. The van der Waals surface area contributed by atoms with E-state index in [1.165, 1.54) is 10.6 Å². The van der Waals surface area contributed by atoms with Crippen molar-refractivity contribution in [2.24, 2.45) is 7.05 Å². The Labute approximate surface area is 191 Å². The Morgan fingerprint density at radius 1 is 1.24 bits per heavy atom. The number of ether oxygens (including phenoxy) is 1. The number of oxazole rings is 1. The first-order valence-electron chi connectivity index (χ1n) is 11.2. The van der Waals surface area contributed by atoms with E-state index < -0.39 is 17.2 Å². The molecule has 2 aromatic heterocycles. The molecule has 0 atom stereocenters. The van der Waals surface area contributed by atoms with E-state index in [0.29, 0.717) is 31.4 Å². The predicted molar refractivity (Wildman–Crippen MR) is 122 cm³/mol. The van der Waals surface area contributed by atoms with E-state index in [-0.39, 0.29) is 24.1 Å². The highest BCUT2D eigenvalue weighted by atomic mass is 19.1. The van der Waals surface area contributed by atoms with Crippen LogP contribution in [0.15, 0.2) is 21.3 Å². The second-order valence-corrected chi connectivity index (χ2v) is 9.82. The van der Waals surface area contributed by atoms with Crippen LogP contribution in [0.5, 0.6) is 0 Å². The van der Waals surface area contributed by atoms with Crippen molar-refractivity contribution in [2.45, 2.75) is 65.5 Å². The van der Waals surface area contributed by atoms with Gasteiger partial charge in [-0.2, -0.15) is 5.10 Å². The molecule has 3 heterocycles. The van der Waals surface area contributed by atoms with Gasteiger partial charge in [0.05, 0.1) is 17.8 Å². The molecule has 8 nitrogen and oxygen atoms in total. The molecule has 178 valence electrons. The molecule has 3 aromatic rings. The van der Waals surface area contributed by atoms with E-state index in [0.717, 1.165) is 22.5 Å². The number of aromatic nitrogens is 3. The lowest BCUT2D eigenvalue weighted by Crippen LogP contribution is -2.41. The maximum atomic E-state index is 14.9. The van der Waals surface area contributed by atoms with Gasteiger partial charge in [-0.3, -0.25) is 9.25 Å². The molecule has 0 unspecified atom stereocenters. The van der Waals surface area contributed by atoms with Gasteiger partial charge in [-0.1, -0.05) is 0 Å². The number of carbonyl (C=O) groups excluding carboxylic acids is 1. The van der Waals surface area contributed by atoms with E-state index in [1.807, 2.05) is 47.7 Å². The van der Waals surface area contributed by atoms with Crippen molar-refractivity contribution in [2.75, 3.05) is 13.1 Å². The maximum absolute atomic E-state index is 14.9. The van der Waals surface area contributed by atoms with E-state index in [2.05, 4.69) is 5.10 Å². The van der Waals surface area contributed by atoms with Crippen molar-refractivity contribution in [3.8, 4) is 0 Å². The fourth-order valence-corrected chi connectivity index (χ4v) is 4.45. The summed E-state index contributed by atoms with van der Waals surface area (Å²) in [5, 5.41) is 4.41. The molecular formula is C24H31FN4O4. The lowest BCUT2D eigenvalue weighted by atomic mass is 9.89. The molecule has 0 N–H and O–H groups in total. The van der Waals surface area contributed by atoms with Crippen LogP contribution in [0.25, 0.3) is 11.1 Å². The molecule has 1 aliphatic heterocycles. The average molecular weight is 459 g/mol. The number of hydrogen-bond acceptors (Lipinski definition) is 5. The maximum Gasteiger partial charge on any atom is 0.420 e. The number of piperidine rings is 1. The summed E-state index contributed by atoms with van der Waals surface area (Å²) in [5.41, 5.74) is 3.35. The minimum absolute atomic E-state index is 0.0332. The quantitative estimate of drug-likeness (QED) is 0.586. The Balaban J connectivity index is 1.60. The normalized spacial score (nSPS) is 15.4. The van der Waals surface area contributed by atoms with E-state index in [1.54, 1.807) is 9.58 Å². The van der Waals surface area contributed by atoms with E-state index in [4.69, 9.17) is 9.15 Å². The molecule has 0 spiro atoms. The molecule has 1 amide bonds. The van der Waals surface area contributed by atoms with Crippen molar-refractivity contribution in [3.63, 3.8) is 0 Å². The largest absolute Gasteiger partial charge is 0.444 e. The Kier molecular flexibility index (Phi) is 5.84. The SMILES string of the molecule is Cc1nn(C)c(C)c1Cn1c(=O)oc2c(F)cc(C3CCN(C(=O)OC(C)(C)C)CC3)cc21. The number of rotatable bonds is 3. The summed E-state index contributed by atoms with van der Waals surface area (Å²) in [6.45, 7) is 10.7. The van der Waals surface area contributed by atoms with Crippen molar-refractivity contribution in [3.05, 3.63) is 51.0 Å². The molecule has 1 fully saturated rings. The summed E-state index contributed by atoms with van der Waals surface area (Å²) in [7, 11) is 1.85. The number of likely N-dealkylation sites (tertiary alicyclic amines) is 1. The monoisotopic (exact) mass is 458 g/mol. The summed E-state index contributed by atoms with van der Waals surface area (Å²) in [4.78, 5) is 26.6. The summed E-state index contributed by atoms with van der Waals surface area (Å²) < 4.78 is 28.9. The van der Waals surface area contributed by atoms with Gasteiger partial charge in [-0.05, 0) is 71.1 Å². The molecule has 0 aliphatic carbocycles. The topological polar surface area (TPSA) is 82.5 Å². The Morgan fingerprint density at radius 3 is 2.48 bits per heavy atom. The van der Waals surface area contributed by atoms with Crippen LogP contribution in [-0.2, 0) is 18.3 Å². The molecule has 9 heteroatoms. The van der Waals surface area contributed by atoms with Crippen LogP contribution in [0.4, 0.5) is 9.18 Å². The lowest BCUT2D eigenvalue weighted by molar-refractivity contribution is 0.0205. The second-order valence-electron chi connectivity index (χ2n) is 9.82. The minimum Gasteiger partial charge on any atom is -0.444 e. The number of nitrogens with zero attached hydrogens (tertiary/aromatic N) is 4. The van der Waals surface area contributed by atoms with Crippen molar-refractivity contribution in [1.82, 2.24) is 19.2 Å². The van der Waals surface area contributed by atoms with Gasteiger partial charge in [-0.25, -0.2) is 14.0 Å². The molecular weight excluding hydrogens is 427 g/mol. The van der Waals surface area contributed by atoms with Gasteiger partial charge in [0.15, 0.2) is 11.4 Å². The minimum atomic E-state index is -0.594. The van der Waals surface area contributed by atoms with Crippen molar-refractivity contribution in [1.29, 1.82) is 0 Å². The zero-order valence-electron chi connectivity index (χ0n) is 20.1. The smallest absolute Gasteiger partial charge is 0.420 e. The highest BCUT2D eigenvalue weighted by Crippen LogP contribution is 2.32. The van der Waals surface area contributed by atoms with Crippen LogP contribution in [-0.4, -0.2) is 44.0 Å². The van der Waals surface area contributed by atoms with Gasteiger partial charge in [0.1, 0.15) is 5.60 Å². The van der Waals surface area contributed by atoms with Crippen LogP contribution in [0, 0.1) is 19.7 Å². The Bertz CT molecular complexity index is 1260. The third-order valence-electron chi connectivity index (χ3n) is 6.34. The number of amides is 1. The van der Waals surface area contributed by atoms with Gasteiger partial charge in [-0.15, -0.1) is 0 Å². The van der Waals surface area contributed by atoms with Crippen LogP contribution in [0.3, 0.4) is 0 Å². The molecule has 33 heavy (non-hydrogen) atoms. The standard InChI is InChI=1S/C24H31FN4O4/c1-14-18(15(2)27(6)26-14)13-29-20-12-17(11-19(25)21(20)32-23(29)31)16-7-9-28(10-8-16)22(30)33-24(3,4)5/h11-12,16H,7-10,13H2,1-6H3. The molecule has 0 bridgehead atoms. The predicted octanol–water partition coefficient (Wildman–Crippen LogP) is 4.25. The average Bonchev–Trinajstić information content (AvgIpc) is 3.17. The molecule has 1 saturated heterocycles. The fraction of sp³-hybridized carbons (Fsp3) is 0.542. The first kappa shape index (κ1) is 23.1. The molecule has 0 radical (unpaired) electrons. The van der Waals surface area contributed by atoms with E-state index >= 15 is 0 Å². The molecule has 1 aliphatic rings. The van der Waals surface area contributed by atoms with Crippen LogP contribution >= 0.6 is 0 Å². The van der Waals surface area contributed by atoms with Crippen molar-refractivity contribution >= 4 is 17.2 Å². The van der Waals surface area contributed by atoms with Gasteiger partial charge in [0, 0.05) is 31.4 Å². The summed E-state index contributed by atoms with van der Waals surface area (Å²) in [6.07, 6.45) is 1.05. The summed E-state index contributed by atoms with van der Waals surface area (Å²) >= 11 is 0. The fourth-order valence-electron chi connectivity index (χ4n) is 4.45. The number of hydrogen-bond donors (Lipinski definition) is 0. The molecule has 0 saturated carbocycles. The first-order chi connectivity index (χ1) is 15.4. The summed E-state index contributed by atoms with van der Waals surface area (Å²) in [6, 6.07) is 3.29. The van der Waals surface area contributed by atoms with E-state index in [9.17, 15) is 14.0 Å². The van der Waals surface area contributed by atoms with Crippen LogP contribution in [0.1, 0.15) is 62.0 Å². The first-order valence-corrected chi connectivity index (χ1v) is 11.2. The second kappa shape index (κ2) is 8.35. The Morgan fingerprint density at radius 2 is 1.91 bits per heavy atom. The van der Waals surface area contributed by atoms with Gasteiger partial charge >= 0.3 is 11.8 Å². The highest BCUT2D eigenvalue weighted by molar-refractivity contribution is 5.75. The van der Waals surface area contributed by atoms with Gasteiger partial charge < -0.3 is 14.1 Å². The van der Waals surface area contributed by atoms with Crippen LogP contribution in [0.2, 0.25) is 0 Å². The lowest BCUT2D eigenvalue weighted by Gasteiger charge is -2.33. The number of benzene rings is 1. The Hall–Kier alpha value is -3.10. The zero-order valence-corrected chi connectivity index (χ0v) is 20.1. The highest BCUT2D eigenvalue weighted by Gasteiger charge is 2.28. The number of carbonyl (C=O) groups is 1. The summed E-state index contributed by atoms with van der Waals surface area (Å²) in [5.74, 6) is -1.07. The van der Waals surface area contributed by atoms with Crippen LogP contribution < -0.4 is 5.76 Å². The number of halogens is 1. The van der Waals surface area contributed by atoms with Gasteiger partial charge in [0.25, 0.3) is 0 Å². The van der Waals surface area contributed by atoms with Crippen molar-refractivity contribution < 1.29 is 18.3 Å². The van der Waals surface area contributed by atoms with Gasteiger partial charge in [0.2, 0.25) is 0 Å². The number of fused-ring (bicyclic) bond motifs is 1. The third-order valence-corrected chi connectivity index (χ3v) is 6.34. The molecule has 4 rings (SSSR count). The third kappa shape index (κ3) is 4.54.